The number of epoxide rings is 1. The van der Waals surface area contributed by atoms with Crippen LogP contribution in [0.15, 0.2) is 60.2 Å². The second-order valence-electron chi connectivity index (χ2n) is 18.2. The Morgan fingerprint density at radius 3 is 2.34 bits per heavy atom. The SMILES string of the molecule is CC(=O)O[C@@H](C)/C=C\C(=O)N[C@@H]1C[C@H](C)[C@H](C/C=C(C)/C=C/[C@H]2O[C@H](CC(=O)NNC(=O)OCc3ccc(NC(=O)[C@H](CCCN)NC(=O)CNC(=O)CCCCCN)cc3)C[C@@]3(CO3)[C@@H]2O)O[C@@H]1C. The Kier molecular flexibility index (Phi) is 23.4. The average Bonchev–Trinajstić information content (AvgIpc) is 4.10. The number of benzene rings is 1. The third kappa shape index (κ3) is 20.0. The summed E-state index contributed by atoms with van der Waals surface area (Å²) >= 11 is 0. The van der Waals surface area contributed by atoms with Gasteiger partial charge in [-0.2, -0.15) is 0 Å². The van der Waals surface area contributed by atoms with Crippen LogP contribution in [-0.2, 0) is 59.1 Å². The molecule has 3 fully saturated rings. The van der Waals surface area contributed by atoms with Crippen molar-refractivity contribution in [2.24, 2.45) is 17.4 Å². The van der Waals surface area contributed by atoms with Crippen LogP contribution in [0.3, 0.4) is 0 Å². The molecule has 3 aliphatic heterocycles. The van der Waals surface area contributed by atoms with Gasteiger partial charge in [0.2, 0.25) is 29.5 Å². The fourth-order valence-electron chi connectivity index (χ4n) is 8.07. The van der Waals surface area contributed by atoms with Crippen LogP contribution in [0.5, 0.6) is 0 Å². The number of rotatable bonds is 25. The number of aliphatic hydroxyl groups excluding tert-OH is 1. The number of aliphatic hydroxyl groups is 1. The van der Waals surface area contributed by atoms with E-state index < -0.39 is 65.8 Å². The average molecular weight is 983 g/mol. The van der Waals surface area contributed by atoms with Gasteiger partial charge in [0.1, 0.15) is 36.6 Å². The standard InChI is InChI=1S/C49H74N8O13/c1-30(12-19-40-31(2)24-39(33(4)69-40)55-43(60)21-14-32(3)68-34(5)58)13-20-41-46(63)49(29-67-49)26-37(70-41)25-44(61)56-57-48(65)66-28-35-15-17-36(18-16-35)53-47(64)38(10-9-23-51)54-45(62)27-52-42(59)11-7-6-8-22-50/h12-18,20-21,31-33,37-41,46,63H,6-11,19,22-29,50-51H2,1-5H3,(H,52,59)(H,53,64)(H,54,62)(H,55,60)(H,56,61)(H,57,65)/b20-13+,21-14-,30-12+/t31-,32-,33+,37+,38-,39+,40-,41+,46+,49+/m0/s1. The summed E-state index contributed by atoms with van der Waals surface area (Å²) in [7, 11) is 0. The Bertz CT molecular complexity index is 2010. The number of amides is 6. The molecule has 11 N–H and O–H groups in total. The maximum absolute atomic E-state index is 13.1. The lowest BCUT2D eigenvalue weighted by atomic mass is 9.87. The molecule has 0 aliphatic carbocycles. The van der Waals surface area contributed by atoms with Crippen molar-refractivity contribution < 1.29 is 62.4 Å². The van der Waals surface area contributed by atoms with Crippen molar-refractivity contribution in [3.8, 4) is 0 Å². The molecule has 388 valence electrons. The molecule has 21 heteroatoms. The number of esters is 1. The highest BCUT2D eigenvalue weighted by molar-refractivity contribution is 5.97. The minimum Gasteiger partial charge on any atom is -0.459 e. The van der Waals surface area contributed by atoms with Crippen molar-refractivity contribution in [3.63, 3.8) is 0 Å². The molecule has 0 aromatic heterocycles. The van der Waals surface area contributed by atoms with Crippen molar-refractivity contribution in [3.05, 3.63) is 65.8 Å². The molecular formula is C49H74N8O13. The van der Waals surface area contributed by atoms with Crippen LogP contribution in [0.2, 0.25) is 0 Å². The smallest absolute Gasteiger partial charge is 0.426 e. The van der Waals surface area contributed by atoms with Crippen molar-refractivity contribution in [1.29, 1.82) is 0 Å². The second kappa shape index (κ2) is 28.8. The summed E-state index contributed by atoms with van der Waals surface area (Å²) in [6.45, 7) is 9.67. The van der Waals surface area contributed by atoms with Crippen LogP contribution < -0.4 is 43.6 Å². The Labute approximate surface area is 409 Å². The number of nitrogens with one attached hydrogen (secondary N) is 6. The number of allylic oxidation sites excluding steroid dienone is 2. The number of carbonyl (C=O) groups is 7. The van der Waals surface area contributed by atoms with E-state index in [1.54, 1.807) is 37.3 Å². The van der Waals surface area contributed by atoms with Crippen molar-refractivity contribution in [1.82, 2.24) is 26.8 Å². The first-order valence-electron chi connectivity index (χ1n) is 24.1. The molecule has 0 bridgehead atoms. The van der Waals surface area contributed by atoms with E-state index in [0.29, 0.717) is 56.6 Å². The largest absolute Gasteiger partial charge is 0.459 e. The molecular weight excluding hydrogens is 909 g/mol. The summed E-state index contributed by atoms with van der Waals surface area (Å²) in [5.74, 6) is -2.35. The predicted octanol–water partition coefficient (Wildman–Crippen LogP) is 2.12. The molecule has 1 spiro atoms. The van der Waals surface area contributed by atoms with Crippen LogP contribution in [0.4, 0.5) is 10.5 Å². The highest BCUT2D eigenvalue weighted by Crippen LogP contribution is 2.43. The third-order valence-corrected chi connectivity index (χ3v) is 12.1. The van der Waals surface area contributed by atoms with E-state index in [1.807, 2.05) is 26.0 Å². The third-order valence-electron chi connectivity index (χ3n) is 12.1. The van der Waals surface area contributed by atoms with Gasteiger partial charge in [0.05, 0.1) is 43.9 Å². The summed E-state index contributed by atoms with van der Waals surface area (Å²) in [4.78, 5) is 86.7. The molecule has 3 saturated heterocycles. The Morgan fingerprint density at radius 2 is 1.66 bits per heavy atom. The minimum atomic E-state index is -0.955. The lowest BCUT2D eigenvalue weighted by Crippen LogP contribution is -2.51. The molecule has 10 atom stereocenters. The van der Waals surface area contributed by atoms with E-state index in [0.717, 1.165) is 18.4 Å². The highest BCUT2D eigenvalue weighted by Gasteiger charge is 2.58. The van der Waals surface area contributed by atoms with Gasteiger partial charge in [-0.25, -0.2) is 10.2 Å². The number of nitrogens with two attached hydrogens (primary N) is 2. The van der Waals surface area contributed by atoms with Crippen LogP contribution in [0.25, 0.3) is 0 Å². The minimum absolute atomic E-state index is 0.0845. The van der Waals surface area contributed by atoms with Gasteiger partial charge < -0.3 is 61.5 Å². The number of ether oxygens (including phenoxy) is 5. The number of hydrogen-bond donors (Lipinski definition) is 9. The maximum atomic E-state index is 13.1. The van der Waals surface area contributed by atoms with Gasteiger partial charge in [-0.1, -0.05) is 49.3 Å². The first-order valence-corrected chi connectivity index (χ1v) is 24.1. The molecule has 21 nitrogen and oxygen atoms in total. The van der Waals surface area contributed by atoms with Crippen LogP contribution >= 0.6 is 0 Å². The first-order chi connectivity index (χ1) is 33.4. The molecule has 70 heavy (non-hydrogen) atoms. The van der Waals surface area contributed by atoms with E-state index in [9.17, 15) is 38.7 Å². The van der Waals surface area contributed by atoms with E-state index in [4.69, 9.17) is 35.2 Å². The molecule has 3 heterocycles. The zero-order chi connectivity index (χ0) is 51.2. The van der Waals surface area contributed by atoms with Crippen molar-refractivity contribution in [2.45, 2.75) is 160 Å². The fourth-order valence-corrected chi connectivity index (χ4v) is 8.07. The number of carbonyl (C=O) groups excluding carboxylic acids is 7. The Morgan fingerprint density at radius 1 is 0.929 bits per heavy atom. The topological polar surface area (TPSA) is 313 Å². The number of unbranched alkanes of at least 4 members (excludes halogenated alkanes) is 2. The zero-order valence-electron chi connectivity index (χ0n) is 41.0. The number of anilines is 1. The summed E-state index contributed by atoms with van der Waals surface area (Å²) < 4.78 is 28.4. The van der Waals surface area contributed by atoms with Gasteiger partial charge in [0, 0.05) is 31.5 Å². The molecule has 4 rings (SSSR count). The Balaban J connectivity index is 1.17. The molecule has 6 amide bonds. The van der Waals surface area contributed by atoms with Crippen LogP contribution in [0.1, 0.15) is 104 Å². The summed E-state index contributed by atoms with van der Waals surface area (Å²) in [5, 5.41) is 22.1. The normalized spacial score (nSPS) is 25.1. The predicted molar refractivity (Wildman–Crippen MR) is 258 cm³/mol. The highest BCUT2D eigenvalue weighted by atomic mass is 16.6. The second-order valence-corrected chi connectivity index (χ2v) is 18.2. The molecule has 3 aliphatic rings. The summed E-state index contributed by atoms with van der Waals surface area (Å²) in [6.07, 6.45) is 9.27. The van der Waals surface area contributed by atoms with E-state index in [1.165, 1.54) is 19.1 Å². The molecule has 0 radical (unpaired) electrons. The number of hydrazine groups is 1. The zero-order valence-corrected chi connectivity index (χ0v) is 41.0. The van der Waals surface area contributed by atoms with E-state index >= 15 is 0 Å². The lowest BCUT2D eigenvalue weighted by molar-refractivity contribution is -0.146. The first kappa shape index (κ1) is 56.9. The molecule has 0 unspecified atom stereocenters. The molecule has 1 aromatic rings. The lowest BCUT2D eigenvalue weighted by Gasteiger charge is -2.39. The van der Waals surface area contributed by atoms with Crippen molar-refractivity contribution in [2.75, 3.05) is 31.6 Å². The van der Waals surface area contributed by atoms with Gasteiger partial charge in [0.15, 0.2) is 0 Å². The number of hydrogen-bond acceptors (Lipinski definition) is 15. The summed E-state index contributed by atoms with van der Waals surface area (Å²) in [5.41, 5.74) is 16.8. The molecule has 0 saturated carbocycles. The van der Waals surface area contributed by atoms with Crippen LogP contribution in [0, 0.1) is 5.92 Å². The van der Waals surface area contributed by atoms with Gasteiger partial charge in [-0.15, -0.1) is 0 Å². The monoisotopic (exact) mass is 983 g/mol. The molecule has 1 aromatic carbocycles. The van der Waals surface area contributed by atoms with Gasteiger partial charge >= 0.3 is 12.1 Å². The Hall–Kier alpha value is -5.71. The quantitative estimate of drug-likeness (QED) is 0.0169. The van der Waals surface area contributed by atoms with E-state index in [2.05, 4.69) is 39.0 Å². The van der Waals surface area contributed by atoms with Crippen molar-refractivity contribution >= 4 is 47.3 Å². The summed E-state index contributed by atoms with van der Waals surface area (Å²) in [6, 6.07) is 5.40. The fraction of sp³-hybridized carbons (Fsp3) is 0.612. The van der Waals surface area contributed by atoms with E-state index in [-0.39, 0.29) is 74.8 Å². The van der Waals surface area contributed by atoms with Gasteiger partial charge in [-0.3, -0.25) is 34.2 Å². The maximum Gasteiger partial charge on any atom is 0.426 e. The van der Waals surface area contributed by atoms with Gasteiger partial charge in [-0.05, 0) is 102 Å². The van der Waals surface area contributed by atoms with Crippen LogP contribution in [-0.4, -0.2) is 127 Å². The van der Waals surface area contributed by atoms with Gasteiger partial charge in [0.25, 0.3) is 0 Å².